The van der Waals surface area contributed by atoms with E-state index in [4.69, 9.17) is 9.15 Å². The lowest BCUT2D eigenvalue weighted by molar-refractivity contribution is -0.143. The Labute approximate surface area is 156 Å². The highest BCUT2D eigenvalue weighted by atomic mass is 16.5. The third kappa shape index (κ3) is 5.87. The molecule has 1 aromatic heterocycles. The van der Waals surface area contributed by atoms with E-state index in [2.05, 4.69) is 0 Å². The summed E-state index contributed by atoms with van der Waals surface area (Å²) >= 11 is 0. The molecule has 6 heteroatoms. The standard InChI is InChI=1S/C20H32N2O4/c1-4-8-19(23)22(16(3)5-2)15-20(24)21(13-17-9-6-11-25-17)14-18-10-7-12-26-18/h6,9,11,16,18H,4-5,7-8,10,12-15H2,1-3H3/t16-,18-/m1/s1. The first-order valence-corrected chi connectivity index (χ1v) is 9.76. The van der Waals surface area contributed by atoms with Gasteiger partial charge in [-0.3, -0.25) is 9.59 Å². The fraction of sp³-hybridized carbons (Fsp3) is 0.700. The number of nitrogens with zero attached hydrogens (tertiary/aromatic N) is 2. The smallest absolute Gasteiger partial charge is 0.242 e. The third-order valence-electron chi connectivity index (χ3n) is 4.94. The van der Waals surface area contributed by atoms with E-state index in [1.54, 1.807) is 16.1 Å². The maximum absolute atomic E-state index is 13.0. The van der Waals surface area contributed by atoms with Crippen molar-refractivity contribution in [3.05, 3.63) is 24.2 Å². The van der Waals surface area contributed by atoms with Crippen LogP contribution in [-0.2, 0) is 20.9 Å². The van der Waals surface area contributed by atoms with E-state index in [0.717, 1.165) is 38.1 Å². The Morgan fingerprint density at radius 1 is 1.31 bits per heavy atom. The van der Waals surface area contributed by atoms with Gasteiger partial charge in [0.15, 0.2) is 0 Å². The molecule has 2 rings (SSSR count). The van der Waals surface area contributed by atoms with Crippen molar-refractivity contribution in [1.29, 1.82) is 0 Å². The average molecular weight is 364 g/mol. The van der Waals surface area contributed by atoms with Gasteiger partial charge in [-0.25, -0.2) is 0 Å². The highest BCUT2D eigenvalue weighted by molar-refractivity contribution is 5.85. The number of ether oxygens (including phenoxy) is 1. The molecule has 0 spiro atoms. The summed E-state index contributed by atoms with van der Waals surface area (Å²) in [6.45, 7) is 7.82. The molecule has 1 aliphatic rings. The van der Waals surface area contributed by atoms with Crippen molar-refractivity contribution in [2.24, 2.45) is 0 Å². The normalized spacial score (nSPS) is 17.9. The molecular weight excluding hydrogens is 332 g/mol. The van der Waals surface area contributed by atoms with Crippen molar-refractivity contribution in [3.63, 3.8) is 0 Å². The second kappa shape index (κ2) is 10.4. The second-order valence-corrected chi connectivity index (χ2v) is 7.02. The summed E-state index contributed by atoms with van der Waals surface area (Å²) in [4.78, 5) is 29.0. The SMILES string of the molecule is CCCC(=O)N(CC(=O)N(Cc1ccco1)C[C@H]1CCCO1)[C@H](C)CC. The molecule has 1 saturated heterocycles. The minimum Gasteiger partial charge on any atom is -0.467 e. The fourth-order valence-corrected chi connectivity index (χ4v) is 3.19. The van der Waals surface area contributed by atoms with Crippen LogP contribution in [0.4, 0.5) is 0 Å². The van der Waals surface area contributed by atoms with Crippen LogP contribution in [0.3, 0.4) is 0 Å². The van der Waals surface area contributed by atoms with Crippen molar-refractivity contribution in [3.8, 4) is 0 Å². The number of furan rings is 1. The molecular formula is C20H32N2O4. The Hall–Kier alpha value is -1.82. The molecule has 0 saturated carbocycles. The number of carbonyl (C=O) groups excluding carboxylic acids is 2. The van der Waals surface area contributed by atoms with E-state index >= 15 is 0 Å². The number of carbonyl (C=O) groups is 2. The maximum Gasteiger partial charge on any atom is 0.242 e. The Bertz CT molecular complexity index is 552. The largest absolute Gasteiger partial charge is 0.467 e. The molecule has 1 fully saturated rings. The van der Waals surface area contributed by atoms with E-state index in [1.807, 2.05) is 32.9 Å². The van der Waals surface area contributed by atoms with Crippen molar-refractivity contribution >= 4 is 11.8 Å². The average Bonchev–Trinajstić information content (AvgIpc) is 3.32. The van der Waals surface area contributed by atoms with Crippen LogP contribution in [0.2, 0.25) is 0 Å². The molecule has 0 N–H and O–H groups in total. The molecule has 0 bridgehead atoms. The first-order valence-electron chi connectivity index (χ1n) is 9.76. The molecule has 0 radical (unpaired) electrons. The molecule has 0 aliphatic carbocycles. The number of hydrogen-bond donors (Lipinski definition) is 0. The minimum absolute atomic E-state index is 0.0465. The summed E-state index contributed by atoms with van der Waals surface area (Å²) in [5.74, 6) is 0.734. The summed E-state index contributed by atoms with van der Waals surface area (Å²) in [6.07, 6.45) is 5.76. The Morgan fingerprint density at radius 2 is 2.12 bits per heavy atom. The topological polar surface area (TPSA) is 63.0 Å². The van der Waals surface area contributed by atoms with Gasteiger partial charge in [-0.05, 0) is 44.7 Å². The Balaban J connectivity index is 2.07. The van der Waals surface area contributed by atoms with Crippen LogP contribution in [0.1, 0.15) is 58.6 Å². The fourth-order valence-electron chi connectivity index (χ4n) is 3.19. The lowest BCUT2D eigenvalue weighted by Crippen LogP contribution is -2.47. The third-order valence-corrected chi connectivity index (χ3v) is 4.94. The zero-order chi connectivity index (χ0) is 18.9. The van der Waals surface area contributed by atoms with Crippen LogP contribution < -0.4 is 0 Å². The molecule has 26 heavy (non-hydrogen) atoms. The molecule has 0 aromatic carbocycles. The van der Waals surface area contributed by atoms with Gasteiger partial charge in [0.05, 0.1) is 18.9 Å². The van der Waals surface area contributed by atoms with Gasteiger partial charge in [0, 0.05) is 25.6 Å². The van der Waals surface area contributed by atoms with Gasteiger partial charge in [0.2, 0.25) is 11.8 Å². The molecule has 0 unspecified atom stereocenters. The maximum atomic E-state index is 13.0. The highest BCUT2D eigenvalue weighted by Gasteiger charge is 2.27. The molecule has 1 aliphatic heterocycles. The Kier molecular flexibility index (Phi) is 8.16. The van der Waals surface area contributed by atoms with Gasteiger partial charge < -0.3 is 19.0 Å². The zero-order valence-corrected chi connectivity index (χ0v) is 16.3. The van der Waals surface area contributed by atoms with Crippen molar-refractivity contribution in [1.82, 2.24) is 9.80 Å². The van der Waals surface area contributed by atoms with E-state index in [9.17, 15) is 9.59 Å². The molecule has 146 valence electrons. The lowest BCUT2D eigenvalue weighted by atomic mass is 10.1. The predicted molar refractivity (Wildman–Crippen MR) is 99.5 cm³/mol. The summed E-state index contributed by atoms with van der Waals surface area (Å²) in [5.41, 5.74) is 0. The van der Waals surface area contributed by atoms with Gasteiger partial charge >= 0.3 is 0 Å². The predicted octanol–water partition coefficient (Wildman–Crippen LogP) is 3.21. The van der Waals surface area contributed by atoms with E-state index < -0.39 is 0 Å². The summed E-state index contributed by atoms with van der Waals surface area (Å²) in [5, 5.41) is 0. The number of amides is 2. The first-order chi connectivity index (χ1) is 12.5. The van der Waals surface area contributed by atoms with Crippen LogP contribution in [0.15, 0.2) is 22.8 Å². The van der Waals surface area contributed by atoms with Gasteiger partial charge in [-0.15, -0.1) is 0 Å². The van der Waals surface area contributed by atoms with Crippen molar-refractivity contribution in [2.45, 2.75) is 71.6 Å². The van der Waals surface area contributed by atoms with Gasteiger partial charge in [0.25, 0.3) is 0 Å². The van der Waals surface area contributed by atoms with Gasteiger partial charge in [-0.1, -0.05) is 13.8 Å². The highest BCUT2D eigenvalue weighted by Crippen LogP contribution is 2.17. The van der Waals surface area contributed by atoms with E-state index in [-0.39, 0.29) is 30.5 Å². The van der Waals surface area contributed by atoms with Crippen molar-refractivity contribution in [2.75, 3.05) is 19.7 Å². The van der Waals surface area contributed by atoms with E-state index in [0.29, 0.717) is 19.5 Å². The molecule has 2 atom stereocenters. The van der Waals surface area contributed by atoms with Crippen LogP contribution >= 0.6 is 0 Å². The first kappa shape index (κ1) is 20.5. The lowest BCUT2D eigenvalue weighted by Gasteiger charge is -2.32. The summed E-state index contributed by atoms with van der Waals surface area (Å²) < 4.78 is 11.1. The monoisotopic (exact) mass is 364 g/mol. The van der Waals surface area contributed by atoms with Crippen LogP contribution in [0, 0.1) is 0 Å². The van der Waals surface area contributed by atoms with Crippen LogP contribution in [0.5, 0.6) is 0 Å². The number of rotatable bonds is 10. The minimum atomic E-state index is -0.0540. The summed E-state index contributed by atoms with van der Waals surface area (Å²) in [6, 6.07) is 3.73. The van der Waals surface area contributed by atoms with E-state index in [1.165, 1.54) is 0 Å². The Morgan fingerprint density at radius 3 is 2.69 bits per heavy atom. The quantitative estimate of drug-likeness (QED) is 0.639. The van der Waals surface area contributed by atoms with Gasteiger partial charge in [-0.2, -0.15) is 0 Å². The number of hydrogen-bond acceptors (Lipinski definition) is 4. The molecule has 6 nitrogen and oxygen atoms in total. The van der Waals surface area contributed by atoms with Crippen LogP contribution in [0.25, 0.3) is 0 Å². The van der Waals surface area contributed by atoms with Gasteiger partial charge in [0.1, 0.15) is 12.3 Å². The zero-order valence-electron chi connectivity index (χ0n) is 16.3. The summed E-state index contributed by atoms with van der Waals surface area (Å²) in [7, 11) is 0. The second-order valence-electron chi connectivity index (χ2n) is 7.02. The van der Waals surface area contributed by atoms with Crippen LogP contribution in [-0.4, -0.2) is 53.5 Å². The molecule has 2 heterocycles. The molecule has 1 aromatic rings. The molecule has 2 amide bonds. The van der Waals surface area contributed by atoms with Crippen molar-refractivity contribution < 1.29 is 18.7 Å².